The molecule has 7 nitrogen and oxygen atoms in total. The molecule has 0 aliphatic carbocycles. The first kappa shape index (κ1) is 31.6. The normalized spacial score (nSPS) is 15.9. The standard InChI is InChI=1S/C40H36N2O5S/c1-27(28-11-5-3-6-12-28)30-17-19-33-36(25-30)46-37-26-32(41(2)31-13-7-4-8-14-31)18-20-34(37)39(33)35-15-9-10-16-38(35)48(45)47-42-23-21-29(22-24-42)40(43)44/h3-20,25-26,29H,21-24H2,1-2H3,(H,43,44)/b30-27+. The van der Waals surface area contributed by atoms with Crippen LogP contribution in [0.3, 0.4) is 0 Å². The number of piperidine rings is 1. The van der Waals surface area contributed by atoms with Crippen molar-refractivity contribution in [3.8, 4) is 11.5 Å². The summed E-state index contributed by atoms with van der Waals surface area (Å²) in [5.41, 5.74) is 6.86. The molecule has 1 fully saturated rings. The zero-order chi connectivity index (χ0) is 33.2. The maximum atomic E-state index is 13.9. The Kier molecular flexibility index (Phi) is 8.95. The predicted octanol–water partition coefficient (Wildman–Crippen LogP) is 6.78. The Morgan fingerprint density at radius 3 is 2.23 bits per heavy atom. The van der Waals surface area contributed by atoms with Gasteiger partial charge >= 0.3 is 5.97 Å². The van der Waals surface area contributed by atoms with Crippen LogP contribution in [-0.2, 0) is 20.2 Å². The predicted molar refractivity (Wildman–Crippen MR) is 189 cm³/mol. The Labute approximate surface area is 282 Å². The van der Waals surface area contributed by atoms with E-state index in [1.54, 1.807) is 5.06 Å². The molecule has 0 saturated carbocycles. The summed E-state index contributed by atoms with van der Waals surface area (Å²) in [4.78, 5) is 14.1. The highest BCUT2D eigenvalue weighted by molar-refractivity contribution is 7.80. The first-order valence-electron chi connectivity index (χ1n) is 16.1. The van der Waals surface area contributed by atoms with Crippen LogP contribution in [0.25, 0.3) is 11.1 Å². The van der Waals surface area contributed by atoms with Crippen LogP contribution in [0, 0.1) is 5.92 Å². The van der Waals surface area contributed by atoms with Gasteiger partial charge in [-0.25, -0.2) is 4.21 Å². The van der Waals surface area contributed by atoms with Gasteiger partial charge in [-0.15, -0.1) is 0 Å². The molecular weight excluding hydrogens is 621 g/mol. The van der Waals surface area contributed by atoms with E-state index in [4.69, 9.17) is 9.02 Å². The van der Waals surface area contributed by atoms with Crippen LogP contribution in [0.5, 0.6) is 11.5 Å². The molecule has 5 aromatic carbocycles. The van der Waals surface area contributed by atoms with Crippen LogP contribution in [0.1, 0.15) is 36.5 Å². The van der Waals surface area contributed by atoms with E-state index in [-0.39, 0.29) is 0 Å². The third kappa shape index (κ3) is 6.30. The van der Waals surface area contributed by atoms with Crippen LogP contribution in [-0.4, -0.2) is 40.5 Å². The van der Waals surface area contributed by atoms with E-state index in [1.807, 2.05) is 73.8 Å². The molecule has 1 N–H and O–H groups in total. The SMILES string of the molecule is C/C(c1ccccc1)=c1/ccc2c(c1)Oc1cc(N(C)c3ccccc3)ccc1C=2c1ccccc1S(=O)ON1CCC(C(=O)O)CC1. The van der Waals surface area contributed by atoms with Crippen molar-refractivity contribution in [3.05, 3.63) is 148 Å². The highest BCUT2D eigenvalue weighted by Crippen LogP contribution is 2.40. The number of carboxylic acid groups (broad SMARTS) is 1. The highest BCUT2D eigenvalue weighted by Gasteiger charge is 2.29. The Morgan fingerprint density at radius 2 is 1.50 bits per heavy atom. The van der Waals surface area contributed by atoms with Gasteiger partial charge < -0.3 is 14.7 Å². The average molecular weight is 657 g/mol. The summed E-state index contributed by atoms with van der Waals surface area (Å²) < 4.78 is 26.6. The average Bonchev–Trinajstić information content (AvgIpc) is 3.13. The summed E-state index contributed by atoms with van der Waals surface area (Å²) in [5.74, 6) is 0.202. The van der Waals surface area contributed by atoms with Crippen LogP contribution in [0.4, 0.5) is 11.4 Å². The second-order valence-electron chi connectivity index (χ2n) is 12.1. The molecule has 0 spiro atoms. The van der Waals surface area contributed by atoms with E-state index in [9.17, 15) is 14.1 Å². The molecule has 1 saturated heterocycles. The zero-order valence-electron chi connectivity index (χ0n) is 26.8. The molecule has 1 unspecified atom stereocenters. The van der Waals surface area contributed by atoms with E-state index in [0.29, 0.717) is 42.3 Å². The zero-order valence-corrected chi connectivity index (χ0v) is 27.7. The lowest BCUT2D eigenvalue weighted by Crippen LogP contribution is -2.36. The molecule has 2 heterocycles. The number of ether oxygens (including phenoxy) is 1. The Balaban J connectivity index is 1.35. The Bertz CT molecular complexity index is 2130. The summed E-state index contributed by atoms with van der Waals surface area (Å²) in [6, 6.07) is 40.5. The number of hydroxylamine groups is 2. The summed E-state index contributed by atoms with van der Waals surface area (Å²) in [6.07, 6.45) is 0.899. The summed E-state index contributed by atoms with van der Waals surface area (Å²) in [7, 11) is 2.03. The fourth-order valence-electron chi connectivity index (χ4n) is 6.40. The first-order valence-corrected chi connectivity index (χ1v) is 17.1. The summed E-state index contributed by atoms with van der Waals surface area (Å²) in [5, 5.41) is 13.0. The highest BCUT2D eigenvalue weighted by atomic mass is 32.2. The molecule has 8 heteroatoms. The second kappa shape index (κ2) is 13.6. The monoisotopic (exact) mass is 656 g/mol. The maximum absolute atomic E-state index is 13.9. The van der Waals surface area contributed by atoms with Gasteiger partial charge in [0, 0.05) is 59.5 Å². The fourth-order valence-corrected chi connectivity index (χ4v) is 7.36. The van der Waals surface area contributed by atoms with Crippen molar-refractivity contribution in [2.45, 2.75) is 24.7 Å². The van der Waals surface area contributed by atoms with Crippen molar-refractivity contribution in [3.63, 3.8) is 0 Å². The van der Waals surface area contributed by atoms with E-state index >= 15 is 0 Å². The van der Waals surface area contributed by atoms with Crippen molar-refractivity contribution in [2.75, 3.05) is 25.0 Å². The first-order chi connectivity index (χ1) is 23.4. The lowest BCUT2D eigenvalue weighted by molar-refractivity contribution is -0.146. The molecule has 0 aromatic heterocycles. The van der Waals surface area contributed by atoms with Gasteiger partial charge in [-0.05, 0) is 78.6 Å². The van der Waals surface area contributed by atoms with Gasteiger partial charge in [0.2, 0.25) is 11.1 Å². The summed E-state index contributed by atoms with van der Waals surface area (Å²) >= 11 is -1.84. The number of carboxylic acids is 1. The van der Waals surface area contributed by atoms with Gasteiger partial charge in [-0.2, -0.15) is 9.35 Å². The van der Waals surface area contributed by atoms with Gasteiger partial charge in [0.1, 0.15) is 11.5 Å². The number of anilines is 2. The Morgan fingerprint density at radius 1 is 0.812 bits per heavy atom. The molecule has 2 aliphatic rings. The molecule has 7 rings (SSSR count). The minimum Gasteiger partial charge on any atom is -0.481 e. The minimum atomic E-state index is -1.84. The molecule has 5 aromatic rings. The number of hydrogen-bond donors (Lipinski definition) is 1. The van der Waals surface area contributed by atoms with Crippen molar-refractivity contribution in [1.29, 1.82) is 0 Å². The molecule has 242 valence electrons. The topological polar surface area (TPSA) is 79.3 Å². The summed E-state index contributed by atoms with van der Waals surface area (Å²) in [6.45, 7) is 2.91. The van der Waals surface area contributed by atoms with Crippen LogP contribution < -0.4 is 20.1 Å². The lowest BCUT2D eigenvalue weighted by Gasteiger charge is -2.28. The number of nitrogens with zero attached hydrogens (tertiary/aromatic N) is 2. The van der Waals surface area contributed by atoms with Gasteiger partial charge in [0.15, 0.2) is 0 Å². The van der Waals surface area contributed by atoms with Gasteiger partial charge in [0.05, 0.1) is 10.8 Å². The van der Waals surface area contributed by atoms with Crippen molar-refractivity contribution >= 4 is 39.6 Å². The van der Waals surface area contributed by atoms with Crippen molar-refractivity contribution in [1.82, 2.24) is 5.06 Å². The number of carbonyl (C=O) groups is 1. The molecule has 1 atom stereocenters. The smallest absolute Gasteiger partial charge is 0.306 e. The molecular formula is C40H36N2O5S. The van der Waals surface area contributed by atoms with E-state index in [1.165, 1.54) is 0 Å². The van der Waals surface area contributed by atoms with Gasteiger partial charge in [0.25, 0.3) is 0 Å². The van der Waals surface area contributed by atoms with Gasteiger partial charge in [-0.1, -0.05) is 72.8 Å². The van der Waals surface area contributed by atoms with E-state index < -0.39 is 23.0 Å². The number of benzene rings is 5. The van der Waals surface area contributed by atoms with Crippen molar-refractivity contribution in [2.24, 2.45) is 5.92 Å². The quantitative estimate of drug-likeness (QED) is 0.194. The lowest BCUT2D eigenvalue weighted by atomic mass is 9.92. The minimum absolute atomic E-state index is 0.401. The van der Waals surface area contributed by atoms with Crippen molar-refractivity contribution < 1.29 is 23.1 Å². The fraction of sp³-hybridized carbons (Fsp3) is 0.175. The van der Waals surface area contributed by atoms with Crippen LogP contribution in [0.2, 0.25) is 0 Å². The number of fused-ring (bicyclic) bond motifs is 2. The number of aliphatic carboxylic acids is 1. The maximum Gasteiger partial charge on any atom is 0.306 e. The van der Waals surface area contributed by atoms with E-state index in [2.05, 4.69) is 66.4 Å². The number of para-hydroxylation sites is 1. The molecule has 2 aliphatic heterocycles. The van der Waals surface area contributed by atoms with E-state index in [0.717, 1.165) is 49.6 Å². The third-order valence-corrected chi connectivity index (χ3v) is 10.2. The third-order valence-electron chi connectivity index (χ3n) is 9.19. The van der Waals surface area contributed by atoms with Gasteiger partial charge in [-0.3, -0.25) is 4.79 Å². The van der Waals surface area contributed by atoms with Crippen LogP contribution >= 0.6 is 0 Å². The largest absolute Gasteiger partial charge is 0.481 e. The molecule has 48 heavy (non-hydrogen) atoms. The molecule has 0 bridgehead atoms. The molecule has 0 radical (unpaired) electrons. The number of hydrogen-bond acceptors (Lipinski definition) is 6. The number of rotatable bonds is 8. The molecule has 0 amide bonds. The Hall–Kier alpha value is -5.02. The van der Waals surface area contributed by atoms with Crippen LogP contribution in [0.15, 0.2) is 126 Å². The second-order valence-corrected chi connectivity index (χ2v) is 13.2.